The molecule has 12 atom stereocenters. The van der Waals surface area contributed by atoms with E-state index in [-0.39, 0.29) is 53.5 Å². The summed E-state index contributed by atoms with van der Waals surface area (Å²) in [6, 6.07) is 0. The number of hydrogen-bond acceptors (Lipinski definition) is 4. The van der Waals surface area contributed by atoms with E-state index in [4.69, 9.17) is 0 Å². The van der Waals surface area contributed by atoms with Crippen LogP contribution >= 0.6 is 0 Å². The molecule has 0 aliphatic heterocycles. The Morgan fingerprint density at radius 1 is 1.00 bits per heavy atom. The number of aliphatic hydroxyl groups excluding tert-OH is 4. The van der Waals surface area contributed by atoms with Crippen molar-refractivity contribution in [3.05, 3.63) is 0 Å². The number of fused-ring (bicyclic) bond motifs is 5. The van der Waals surface area contributed by atoms with Crippen LogP contribution in [0.15, 0.2) is 0 Å². The summed E-state index contributed by atoms with van der Waals surface area (Å²) in [6.07, 6.45) is 6.46. The van der Waals surface area contributed by atoms with E-state index in [2.05, 4.69) is 27.7 Å². The fourth-order valence-corrected chi connectivity index (χ4v) is 9.45. The van der Waals surface area contributed by atoms with E-state index in [0.29, 0.717) is 23.7 Å². The van der Waals surface area contributed by atoms with Gasteiger partial charge in [0.2, 0.25) is 0 Å². The van der Waals surface area contributed by atoms with Crippen LogP contribution in [0, 0.1) is 52.3 Å². The molecule has 0 saturated heterocycles. The first-order valence-electron chi connectivity index (χ1n) is 12.3. The van der Waals surface area contributed by atoms with E-state index in [1.807, 2.05) is 0 Å². The molecule has 0 bridgehead atoms. The molecular weight excluding hydrogens is 364 g/mol. The molecular formula is C25H44O4. The van der Waals surface area contributed by atoms with Crippen molar-refractivity contribution >= 4 is 0 Å². The Balaban J connectivity index is 1.72. The average Bonchev–Trinajstić information content (AvgIpc) is 3.00. The smallest absolute Gasteiger partial charge is 0.0605 e. The molecule has 4 N–H and O–H groups in total. The monoisotopic (exact) mass is 408 g/mol. The highest BCUT2D eigenvalue weighted by Gasteiger charge is 2.67. The summed E-state index contributed by atoms with van der Waals surface area (Å²) in [5, 5.41) is 43.1. The number of rotatable bonds is 4. The van der Waals surface area contributed by atoms with Gasteiger partial charge >= 0.3 is 0 Å². The van der Waals surface area contributed by atoms with E-state index >= 15 is 0 Å². The Labute approximate surface area is 177 Å². The lowest BCUT2D eigenvalue weighted by Crippen LogP contribution is -2.65. The van der Waals surface area contributed by atoms with Gasteiger partial charge in [-0.25, -0.2) is 0 Å². The molecule has 0 amide bonds. The Morgan fingerprint density at radius 2 is 1.72 bits per heavy atom. The first-order valence-corrected chi connectivity index (χ1v) is 12.3. The molecule has 0 radical (unpaired) electrons. The van der Waals surface area contributed by atoms with Gasteiger partial charge in [-0.15, -0.1) is 0 Å². The third kappa shape index (κ3) is 3.15. The molecule has 4 saturated carbocycles. The predicted molar refractivity (Wildman–Crippen MR) is 114 cm³/mol. The van der Waals surface area contributed by atoms with Crippen molar-refractivity contribution in [1.82, 2.24) is 0 Å². The second kappa shape index (κ2) is 7.76. The maximum Gasteiger partial charge on any atom is 0.0605 e. The lowest BCUT2D eigenvalue weighted by Gasteiger charge is -2.66. The quantitative estimate of drug-likeness (QED) is 0.573. The van der Waals surface area contributed by atoms with Gasteiger partial charge in [0.05, 0.1) is 18.3 Å². The Kier molecular flexibility index (Phi) is 5.90. The molecule has 4 nitrogen and oxygen atoms in total. The molecule has 4 rings (SSSR count). The zero-order valence-corrected chi connectivity index (χ0v) is 18.9. The first kappa shape index (κ1) is 22.0. The van der Waals surface area contributed by atoms with Crippen molar-refractivity contribution in [3.8, 4) is 0 Å². The largest absolute Gasteiger partial charge is 0.396 e. The highest BCUT2D eigenvalue weighted by molar-refractivity contribution is 5.15. The highest BCUT2D eigenvalue weighted by Crippen LogP contribution is 2.69. The SMILES string of the molecule is CC[C@H]1C(O)C2C3CC[C@H]([C@H](C)CCO)[C@@]3(C)CC(O)C2[C@@]2(C)CC[C@@H](O)C[C@@H]12. The topological polar surface area (TPSA) is 80.9 Å². The fraction of sp³-hybridized carbons (Fsp3) is 1.00. The van der Waals surface area contributed by atoms with Crippen molar-refractivity contribution in [2.75, 3.05) is 6.61 Å². The van der Waals surface area contributed by atoms with E-state index < -0.39 is 0 Å². The van der Waals surface area contributed by atoms with Crippen molar-refractivity contribution < 1.29 is 20.4 Å². The van der Waals surface area contributed by atoms with Crippen LogP contribution in [0.1, 0.15) is 79.1 Å². The van der Waals surface area contributed by atoms with Crippen molar-refractivity contribution in [2.24, 2.45) is 52.3 Å². The van der Waals surface area contributed by atoms with Crippen molar-refractivity contribution in [2.45, 2.75) is 97.4 Å². The average molecular weight is 409 g/mol. The summed E-state index contributed by atoms with van der Waals surface area (Å²) < 4.78 is 0. The van der Waals surface area contributed by atoms with Gasteiger partial charge in [0.1, 0.15) is 0 Å². The van der Waals surface area contributed by atoms with Gasteiger partial charge < -0.3 is 20.4 Å². The van der Waals surface area contributed by atoms with E-state index in [9.17, 15) is 20.4 Å². The summed E-state index contributed by atoms with van der Waals surface area (Å²) in [5.41, 5.74) is 0.0607. The van der Waals surface area contributed by atoms with E-state index in [1.165, 1.54) is 0 Å². The van der Waals surface area contributed by atoms with Gasteiger partial charge in [-0.2, -0.15) is 0 Å². The maximum absolute atomic E-state index is 11.7. The molecule has 4 aliphatic rings. The minimum absolute atomic E-state index is 0.0132. The molecule has 0 aromatic carbocycles. The van der Waals surface area contributed by atoms with Gasteiger partial charge in [0.25, 0.3) is 0 Å². The van der Waals surface area contributed by atoms with E-state index in [1.54, 1.807) is 0 Å². The number of hydrogen-bond donors (Lipinski definition) is 4. The van der Waals surface area contributed by atoms with Crippen molar-refractivity contribution in [1.29, 1.82) is 0 Å². The third-order valence-electron chi connectivity index (χ3n) is 10.7. The molecule has 29 heavy (non-hydrogen) atoms. The highest BCUT2D eigenvalue weighted by atomic mass is 16.3. The van der Waals surface area contributed by atoms with Crippen LogP contribution in [-0.4, -0.2) is 45.3 Å². The second-order valence-corrected chi connectivity index (χ2v) is 11.8. The Bertz CT molecular complexity index is 595. The van der Waals surface area contributed by atoms with Crippen LogP contribution in [0.25, 0.3) is 0 Å². The zero-order chi connectivity index (χ0) is 21.1. The summed E-state index contributed by atoms with van der Waals surface area (Å²) in [5.74, 6) is 2.25. The second-order valence-electron chi connectivity index (χ2n) is 11.8. The Hall–Kier alpha value is -0.160. The summed E-state index contributed by atoms with van der Waals surface area (Å²) >= 11 is 0. The lowest BCUT2D eigenvalue weighted by molar-refractivity contribution is -0.235. The molecule has 4 fully saturated rings. The van der Waals surface area contributed by atoms with E-state index in [0.717, 1.165) is 51.4 Å². The van der Waals surface area contributed by atoms with Crippen molar-refractivity contribution in [3.63, 3.8) is 0 Å². The molecule has 168 valence electrons. The van der Waals surface area contributed by atoms with Gasteiger partial charge in [-0.05, 0) is 97.2 Å². The summed E-state index contributed by atoms with van der Waals surface area (Å²) in [6.45, 7) is 9.42. The molecule has 0 aromatic rings. The fourth-order valence-electron chi connectivity index (χ4n) is 9.45. The van der Waals surface area contributed by atoms with Crippen LogP contribution < -0.4 is 0 Å². The van der Waals surface area contributed by atoms with Gasteiger partial charge in [0, 0.05) is 6.61 Å². The van der Waals surface area contributed by atoms with Crippen LogP contribution in [0.4, 0.5) is 0 Å². The predicted octanol–water partition coefficient (Wildman–Crippen LogP) is 3.60. The molecule has 4 heteroatoms. The molecule has 4 aliphatic carbocycles. The summed E-state index contributed by atoms with van der Waals surface area (Å²) in [7, 11) is 0. The van der Waals surface area contributed by atoms with Gasteiger partial charge in [-0.1, -0.05) is 34.1 Å². The van der Waals surface area contributed by atoms with Crippen LogP contribution in [0.5, 0.6) is 0 Å². The zero-order valence-electron chi connectivity index (χ0n) is 18.9. The first-order chi connectivity index (χ1) is 13.7. The minimum atomic E-state index is -0.377. The lowest BCUT2D eigenvalue weighted by atomic mass is 9.40. The standard InChI is InChI=1S/C25H44O4/c1-5-16-19-12-15(27)8-10-24(19,3)22-20(28)13-25(4)17(14(2)9-11-26)6-7-18(25)21(22)23(16)29/h14-23,26-29H,5-13H2,1-4H3/t14-,15-,16-,17-,18?,19+,20?,21?,22?,23?,24+,25-/m1/s1. The normalized spacial score (nSPS) is 55.7. The van der Waals surface area contributed by atoms with Crippen LogP contribution in [0.3, 0.4) is 0 Å². The third-order valence-corrected chi connectivity index (χ3v) is 10.7. The molecule has 0 spiro atoms. The molecule has 0 heterocycles. The number of aliphatic hydroxyl groups is 4. The maximum atomic E-state index is 11.7. The minimum Gasteiger partial charge on any atom is -0.396 e. The Morgan fingerprint density at radius 3 is 2.38 bits per heavy atom. The molecule has 5 unspecified atom stereocenters. The molecule has 0 aromatic heterocycles. The van der Waals surface area contributed by atoms with Crippen LogP contribution in [-0.2, 0) is 0 Å². The van der Waals surface area contributed by atoms with Gasteiger partial charge in [0.15, 0.2) is 0 Å². The van der Waals surface area contributed by atoms with Crippen LogP contribution in [0.2, 0.25) is 0 Å². The van der Waals surface area contributed by atoms with Gasteiger partial charge in [-0.3, -0.25) is 0 Å². The summed E-state index contributed by atoms with van der Waals surface area (Å²) in [4.78, 5) is 0.